The van der Waals surface area contributed by atoms with Gasteiger partial charge in [-0.3, -0.25) is 0 Å². The van der Waals surface area contributed by atoms with E-state index in [1.165, 1.54) is 6.07 Å². The van der Waals surface area contributed by atoms with Crippen LogP contribution >= 0.6 is 0 Å². The predicted octanol–water partition coefficient (Wildman–Crippen LogP) is 0.147. The van der Waals surface area contributed by atoms with Crippen LogP contribution in [-0.2, 0) is 16.6 Å². The lowest BCUT2D eigenvalue weighted by Gasteiger charge is -2.10. The van der Waals surface area contributed by atoms with E-state index in [1.807, 2.05) is 0 Å². The molecule has 1 rings (SSSR count). The quantitative estimate of drug-likeness (QED) is 0.522. The van der Waals surface area contributed by atoms with Crippen LogP contribution in [0.25, 0.3) is 0 Å². The van der Waals surface area contributed by atoms with Gasteiger partial charge in [0.25, 0.3) is 0 Å². The van der Waals surface area contributed by atoms with Gasteiger partial charge in [0, 0.05) is 6.04 Å². The van der Waals surface area contributed by atoms with Gasteiger partial charge in [0.05, 0.1) is 11.4 Å². The van der Waals surface area contributed by atoms with E-state index in [4.69, 9.17) is 11.5 Å². The van der Waals surface area contributed by atoms with Crippen LogP contribution in [0.15, 0.2) is 34.2 Å². The summed E-state index contributed by atoms with van der Waals surface area (Å²) in [5.41, 5.74) is 11.2. The van der Waals surface area contributed by atoms with E-state index in [-0.39, 0.29) is 23.4 Å². The minimum atomic E-state index is -3.48. The zero-order valence-electron chi connectivity index (χ0n) is 10.4. The van der Waals surface area contributed by atoms with E-state index in [0.717, 1.165) is 5.56 Å². The first-order valence-corrected chi connectivity index (χ1v) is 6.96. The van der Waals surface area contributed by atoms with Crippen molar-refractivity contribution in [3.63, 3.8) is 0 Å². The highest BCUT2D eigenvalue weighted by Crippen LogP contribution is 2.12. The van der Waals surface area contributed by atoms with Crippen molar-refractivity contribution in [3.8, 4) is 0 Å². The maximum Gasteiger partial charge on any atom is 0.240 e. The number of nitrogens with two attached hydrogens (primary N) is 2. The molecule has 0 aromatic heterocycles. The molecule has 0 aliphatic carbocycles. The van der Waals surface area contributed by atoms with E-state index in [2.05, 4.69) is 9.71 Å². The molecule has 1 aromatic carbocycles. The number of sulfonamides is 1. The molecule has 18 heavy (non-hydrogen) atoms. The highest BCUT2D eigenvalue weighted by molar-refractivity contribution is 7.89. The molecule has 5 N–H and O–H groups in total. The molecule has 100 valence electrons. The van der Waals surface area contributed by atoms with Crippen LogP contribution in [0.4, 0.5) is 0 Å². The molecule has 0 saturated heterocycles. The summed E-state index contributed by atoms with van der Waals surface area (Å²) < 4.78 is 26.4. The summed E-state index contributed by atoms with van der Waals surface area (Å²) in [7, 11) is -3.48. The Morgan fingerprint density at radius 2 is 2.06 bits per heavy atom. The number of guanidine groups is 1. The Hall–Kier alpha value is -1.60. The van der Waals surface area contributed by atoms with E-state index in [0.29, 0.717) is 0 Å². The molecule has 0 atom stereocenters. The summed E-state index contributed by atoms with van der Waals surface area (Å²) in [5, 5.41) is 0. The minimum Gasteiger partial charge on any atom is -0.370 e. The van der Waals surface area contributed by atoms with Crippen molar-refractivity contribution in [2.45, 2.75) is 31.3 Å². The van der Waals surface area contributed by atoms with E-state index >= 15 is 0 Å². The number of benzene rings is 1. The lowest BCUT2D eigenvalue weighted by Crippen LogP contribution is -2.30. The van der Waals surface area contributed by atoms with Gasteiger partial charge in [-0.2, -0.15) is 0 Å². The van der Waals surface area contributed by atoms with Gasteiger partial charge in [-0.1, -0.05) is 12.1 Å². The molecular weight excluding hydrogens is 252 g/mol. The van der Waals surface area contributed by atoms with Crippen molar-refractivity contribution >= 4 is 16.0 Å². The van der Waals surface area contributed by atoms with Crippen LogP contribution in [0.2, 0.25) is 0 Å². The SMILES string of the molecule is CC(C)NS(=O)(=O)c1cccc(CN=C(N)N)c1. The first-order valence-electron chi connectivity index (χ1n) is 5.48. The van der Waals surface area contributed by atoms with Crippen molar-refractivity contribution in [2.75, 3.05) is 0 Å². The molecule has 0 aliphatic heterocycles. The van der Waals surface area contributed by atoms with Gasteiger partial charge >= 0.3 is 0 Å². The Balaban J connectivity index is 2.98. The lowest BCUT2D eigenvalue weighted by atomic mass is 10.2. The number of nitrogens with one attached hydrogen (secondary N) is 1. The van der Waals surface area contributed by atoms with Crippen molar-refractivity contribution in [3.05, 3.63) is 29.8 Å². The average molecular weight is 270 g/mol. The summed E-state index contributed by atoms with van der Waals surface area (Å²) >= 11 is 0. The summed E-state index contributed by atoms with van der Waals surface area (Å²) in [6, 6.07) is 6.35. The summed E-state index contributed by atoms with van der Waals surface area (Å²) in [5.74, 6) is -0.0245. The smallest absolute Gasteiger partial charge is 0.240 e. The molecule has 1 aromatic rings. The van der Waals surface area contributed by atoms with Crippen molar-refractivity contribution < 1.29 is 8.42 Å². The van der Waals surface area contributed by atoms with E-state index < -0.39 is 10.0 Å². The molecule has 0 fully saturated rings. The number of nitrogens with zero attached hydrogens (tertiary/aromatic N) is 1. The number of hydrogen-bond donors (Lipinski definition) is 3. The highest BCUT2D eigenvalue weighted by Gasteiger charge is 2.15. The zero-order chi connectivity index (χ0) is 13.8. The largest absolute Gasteiger partial charge is 0.370 e. The Morgan fingerprint density at radius 3 is 2.61 bits per heavy atom. The predicted molar refractivity (Wildman–Crippen MR) is 71.4 cm³/mol. The third kappa shape index (κ3) is 4.34. The Bertz CT molecular complexity index is 534. The summed E-state index contributed by atoms with van der Waals surface area (Å²) in [4.78, 5) is 4.04. The van der Waals surface area contributed by atoms with Crippen LogP contribution in [0, 0.1) is 0 Å². The maximum absolute atomic E-state index is 11.9. The Labute approximate surface area is 107 Å². The Morgan fingerprint density at radius 1 is 1.39 bits per heavy atom. The molecule has 0 aliphatic rings. The lowest BCUT2D eigenvalue weighted by molar-refractivity contribution is 0.569. The van der Waals surface area contributed by atoms with Gasteiger partial charge in [0.1, 0.15) is 0 Å². The van der Waals surface area contributed by atoms with Gasteiger partial charge in [0.15, 0.2) is 5.96 Å². The fourth-order valence-corrected chi connectivity index (χ4v) is 2.69. The minimum absolute atomic E-state index is 0.0245. The van der Waals surface area contributed by atoms with E-state index in [1.54, 1.807) is 32.0 Å². The van der Waals surface area contributed by atoms with Gasteiger partial charge < -0.3 is 11.5 Å². The van der Waals surface area contributed by atoms with Crippen LogP contribution in [0.3, 0.4) is 0 Å². The fourth-order valence-electron chi connectivity index (χ4n) is 1.37. The third-order valence-electron chi connectivity index (χ3n) is 2.04. The second-order valence-corrected chi connectivity index (χ2v) is 5.88. The molecule has 0 saturated carbocycles. The van der Waals surface area contributed by atoms with Crippen molar-refractivity contribution in [1.29, 1.82) is 0 Å². The molecule has 0 radical (unpaired) electrons. The molecule has 6 nitrogen and oxygen atoms in total. The van der Waals surface area contributed by atoms with Crippen LogP contribution < -0.4 is 16.2 Å². The number of hydrogen-bond acceptors (Lipinski definition) is 3. The van der Waals surface area contributed by atoms with E-state index in [9.17, 15) is 8.42 Å². The molecule has 0 unspecified atom stereocenters. The molecule has 0 bridgehead atoms. The van der Waals surface area contributed by atoms with Crippen molar-refractivity contribution in [2.24, 2.45) is 16.5 Å². The molecule has 0 heterocycles. The number of rotatable bonds is 5. The van der Waals surface area contributed by atoms with Gasteiger partial charge in [-0.25, -0.2) is 18.1 Å². The van der Waals surface area contributed by atoms with Crippen molar-refractivity contribution in [1.82, 2.24) is 4.72 Å². The van der Waals surface area contributed by atoms with Crippen LogP contribution in [0.5, 0.6) is 0 Å². The standard InChI is InChI=1S/C11H18N4O2S/c1-8(2)15-18(16,17)10-5-3-4-9(6-10)7-14-11(12)13/h3-6,8,15H,7H2,1-2H3,(H4,12,13,14). The number of aliphatic imine (C=N–C) groups is 1. The van der Waals surface area contributed by atoms with Gasteiger partial charge in [-0.15, -0.1) is 0 Å². The topological polar surface area (TPSA) is 111 Å². The van der Waals surface area contributed by atoms with Crippen LogP contribution in [-0.4, -0.2) is 20.4 Å². The molecular formula is C11H18N4O2S. The molecule has 7 heteroatoms. The van der Waals surface area contributed by atoms with Gasteiger partial charge in [0.2, 0.25) is 10.0 Å². The maximum atomic E-state index is 11.9. The van der Waals surface area contributed by atoms with Crippen LogP contribution in [0.1, 0.15) is 19.4 Å². The normalized spacial score (nSPS) is 11.5. The summed E-state index contributed by atoms with van der Waals surface area (Å²) in [6.07, 6.45) is 0. The highest BCUT2D eigenvalue weighted by atomic mass is 32.2. The molecule has 0 spiro atoms. The molecule has 0 amide bonds. The average Bonchev–Trinajstić information content (AvgIpc) is 2.25. The zero-order valence-corrected chi connectivity index (χ0v) is 11.2. The van der Waals surface area contributed by atoms with Gasteiger partial charge in [-0.05, 0) is 31.5 Å². The Kier molecular flexibility index (Phi) is 4.69. The monoisotopic (exact) mass is 270 g/mol. The third-order valence-corrected chi connectivity index (χ3v) is 3.70. The summed E-state index contributed by atoms with van der Waals surface area (Å²) in [6.45, 7) is 3.79. The second-order valence-electron chi connectivity index (χ2n) is 4.16. The first kappa shape index (κ1) is 14.5. The first-order chi connectivity index (χ1) is 8.31. The second kappa shape index (κ2) is 5.83. The fraction of sp³-hybridized carbons (Fsp3) is 0.364.